The maximum absolute atomic E-state index is 13.5. The minimum absolute atomic E-state index is 0.0354. The fourth-order valence-corrected chi connectivity index (χ4v) is 4.97. The Morgan fingerprint density at radius 2 is 1.81 bits per heavy atom. The maximum atomic E-state index is 13.5. The van der Waals surface area contributed by atoms with Gasteiger partial charge in [0, 0.05) is 16.0 Å². The number of halogens is 2. The van der Waals surface area contributed by atoms with Crippen LogP contribution in [0.15, 0.2) is 42.5 Å². The molecule has 1 N–H and O–H groups in total. The molecular weight excluding hydrogens is 386 g/mol. The lowest BCUT2D eigenvalue weighted by Crippen LogP contribution is -2.49. The normalized spacial score (nSPS) is 25.2. The summed E-state index contributed by atoms with van der Waals surface area (Å²) in [7, 11) is 5.81. The third-order valence-corrected chi connectivity index (χ3v) is 5.94. The highest BCUT2D eigenvalue weighted by Gasteiger charge is 2.57. The summed E-state index contributed by atoms with van der Waals surface area (Å²) >= 11 is 17.7. The van der Waals surface area contributed by atoms with Gasteiger partial charge < -0.3 is 5.32 Å². The summed E-state index contributed by atoms with van der Waals surface area (Å²) in [5.74, 6) is -0.0200. The first-order chi connectivity index (χ1) is 12.4. The monoisotopic (exact) mass is 400 g/mol. The van der Waals surface area contributed by atoms with E-state index in [9.17, 15) is 4.79 Å². The second-order valence-electron chi connectivity index (χ2n) is 6.78. The van der Waals surface area contributed by atoms with Crippen molar-refractivity contribution < 1.29 is 4.79 Å². The van der Waals surface area contributed by atoms with Crippen molar-refractivity contribution in [2.24, 2.45) is 0 Å². The van der Waals surface area contributed by atoms with E-state index >= 15 is 0 Å². The summed E-state index contributed by atoms with van der Waals surface area (Å²) in [4.78, 5) is 15.0. The molecule has 2 aliphatic rings. The van der Waals surface area contributed by atoms with Crippen molar-refractivity contribution in [3.8, 4) is 0 Å². The Bertz CT molecular complexity index is 885. The molecule has 1 saturated heterocycles. The SMILES string of the molecule is [B]c1ccc([C@@H]2CCC[C@@]23NC(=S)N(c2cc(Cl)cc(Cl)c2)C3=O)cc1. The quantitative estimate of drug-likeness (QED) is 0.615. The highest BCUT2D eigenvalue weighted by atomic mass is 35.5. The highest BCUT2D eigenvalue weighted by molar-refractivity contribution is 7.80. The van der Waals surface area contributed by atoms with Crippen LogP contribution in [0.2, 0.25) is 10.0 Å². The van der Waals surface area contributed by atoms with Gasteiger partial charge in [0.25, 0.3) is 5.91 Å². The van der Waals surface area contributed by atoms with E-state index in [1.807, 2.05) is 24.3 Å². The Kier molecular flexibility index (Phi) is 4.50. The van der Waals surface area contributed by atoms with Gasteiger partial charge >= 0.3 is 0 Å². The lowest BCUT2D eigenvalue weighted by Gasteiger charge is -2.29. The number of nitrogens with one attached hydrogen (secondary N) is 1. The number of nitrogens with zero attached hydrogens (tertiary/aromatic N) is 1. The van der Waals surface area contributed by atoms with Crippen LogP contribution >= 0.6 is 35.4 Å². The van der Waals surface area contributed by atoms with Crippen LogP contribution < -0.4 is 15.7 Å². The number of carbonyl (C=O) groups is 1. The van der Waals surface area contributed by atoms with Crippen LogP contribution in [-0.4, -0.2) is 24.4 Å². The standard InChI is InChI=1S/C19H15BCl2N2OS/c20-12-5-3-11(4-6-12)16-2-1-7-19(16)17(25)24(18(26)23-19)15-9-13(21)8-14(22)10-15/h3-6,8-10,16H,1-2,7H2,(H,23,26)/t16-,19+/m0/s1. The Hall–Kier alpha value is -1.56. The minimum atomic E-state index is -0.734. The highest BCUT2D eigenvalue weighted by Crippen LogP contribution is 2.47. The molecule has 1 spiro atoms. The zero-order valence-electron chi connectivity index (χ0n) is 13.8. The van der Waals surface area contributed by atoms with Crippen molar-refractivity contribution in [3.63, 3.8) is 0 Å². The van der Waals surface area contributed by atoms with Crippen LogP contribution in [0, 0.1) is 0 Å². The molecular formula is C19H15BCl2N2OS. The zero-order chi connectivity index (χ0) is 18.5. The van der Waals surface area contributed by atoms with Crippen molar-refractivity contribution in [3.05, 3.63) is 58.1 Å². The van der Waals surface area contributed by atoms with Crippen LogP contribution in [0.3, 0.4) is 0 Å². The fraction of sp³-hybridized carbons (Fsp3) is 0.263. The lowest BCUT2D eigenvalue weighted by molar-refractivity contribution is -0.122. The predicted octanol–water partition coefficient (Wildman–Crippen LogP) is 3.71. The van der Waals surface area contributed by atoms with Gasteiger partial charge in [-0.3, -0.25) is 9.69 Å². The molecule has 130 valence electrons. The molecule has 2 aromatic carbocycles. The van der Waals surface area contributed by atoms with Crippen LogP contribution in [0.25, 0.3) is 0 Å². The molecule has 0 unspecified atom stereocenters. The molecule has 0 aromatic heterocycles. The molecule has 1 aliphatic heterocycles. The third kappa shape index (κ3) is 2.83. The summed E-state index contributed by atoms with van der Waals surface area (Å²) in [6, 6.07) is 12.7. The molecule has 1 saturated carbocycles. The summed E-state index contributed by atoms with van der Waals surface area (Å²) in [5, 5.41) is 4.63. The first kappa shape index (κ1) is 17.8. The van der Waals surface area contributed by atoms with Crippen molar-refractivity contribution in [1.82, 2.24) is 5.32 Å². The fourth-order valence-electron chi connectivity index (χ4n) is 4.09. The molecule has 2 atom stereocenters. The molecule has 2 radical (unpaired) electrons. The second-order valence-corrected chi connectivity index (χ2v) is 8.04. The number of hydrogen-bond acceptors (Lipinski definition) is 2. The molecule has 1 heterocycles. The number of anilines is 1. The summed E-state index contributed by atoms with van der Waals surface area (Å²) in [6.07, 6.45) is 2.59. The largest absolute Gasteiger partial charge is 0.347 e. The number of thiocarbonyl (C=S) groups is 1. The second kappa shape index (κ2) is 6.56. The first-order valence-electron chi connectivity index (χ1n) is 8.39. The van der Waals surface area contributed by atoms with Gasteiger partial charge in [0.15, 0.2) is 5.11 Å². The van der Waals surface area contributed by atoms with Gasteiger partial charge in [-0.1, -0.05) is 52.9 Å². The van der Waals surface area contributed by atoms with Gasteiger partial charge in [0.2, 0.25) is 0 Å². The van der Waals surface area contributed by atoms with Crippen LogP contribution in [-0.2, 0) is 4.79 Å². The van der Waals surface area contributed by atoms with Gasteiger partial charge in [0.05, 0.1) is 5.69 Å². The zero-order valence-corrected chi connectivity index (χ0v) is 16.2. The molecule has 2 fully saturated rings. The number of carbonyl (C=O) groups excluding carboxylic acids is 1. The molecule has 7 heteroatoms. The average Bonchev–Trinajstić information content (AvgIpc) is 3.09. The Balaban J connectivity index is 1.74. The van der Waals surface area contributed by atoms with Crippen LogP contribution in [0.5, 0.6) is 0 Å². The predicted molar refractivity (Wildman–Crippen MR) is 111 cm³/mol. The maximum Gasteiger partial charge on any atom is 0.259 e. The van der Waals surface area contributed by atoms with Crippen LogP contribution in [0.1, 0.15) is 30.7 Å². The third-order valence-electron chi connectivity index (χ3n) is 5.22. The number of hydrogen-bond donors (Lipinski definition) is 1. The van der Waals surface area contributed by atoms with Gasteiger partial charge in [-0.2, -0.15) is 0 Å². The van der Waals surface area contributed by atoms with Crippen LogP contribution in [0.4, 0.5) is 5.69 Å². The Morgan fingerprint density at radius 3 is 2.46 bits per heavy atom. The minimum Gasteiger partial charge on any atom is -0.347 e. The summed E-state index contributed by atoms with van der Waals surface area (Å²) < 4.78 is 0. The Morgan fingerprint density at radius 1 is 1.15 bits per heavy atom. The molecule has 1 amide bonds. The van der Waals surface area contributed by atoms with Crippen molar-refractivity contribution in [2.75, 3.05) is 4.90 Å². The van der Waals surface area contributed by atoms with Gasteiger partial charge in [-0.05, 0) is 55.2 Å². The molecule has 26 heavy (non-hydrogen) atoms. The van der Waals surface area contributed by atoms with Gasteiger partial charge in [-0.15, -0.1) is 0 Å². The Labute approximate surface area is 169 Å². The van der Waals surface area contributed by atoms with Crippen molar-refractivity contribution >= 4 is 65.4 Å². The summed E-state index contributed by atoms with van der Waals surface area (Å²) in [5.41, 5.74) is 1.65. The van der Waals surface area contributed by atoms with E-state index < -0.39 is 5.54 Å². The van der Waals surface area contributed by atoms with E-state index in [2.05, 4.69) is 5.32 Å². The molecule has 3 nitrogen and oxygen atoms in total. The number of benzene rings is 2. The van der Waals surface area contributed by atoms with Crippen molar-refractivity contribution in [1.29, 1.82) is 0 Å². The summed E-state index contributed by atoms with van der Waals surface area (Å²) in [6.45, 7) is 0. The molecule has 4 rings (SSSR count). The lowest BCUT2D eigenvalue weighted by atomic mass is 9.80. The van der Waals surface area contributed by atoms with E-state index in [1.165, 1.54) is 4.90 Å². The topological polar surface area (TPSA) is 32.3 Å². The smallest absolute Gasteiger partial charge is 0.259 e. The van der Waals surface area contributed by atoms with E-state index in [-0.39, 0.29) is 11.8 Å². The average molecular weight is 401 g/mol. The van der Waals surface area contributed by atoms with Gasteiger partial charge in [0.1, 0.15) is 13.4 Å². The van der Waals surface area contributed by atoms with Crippen molar-refractivity contribution in [2.45, 2.75) is 30.7 Å². The molecule has 1 aliphatic carbocycles. The molecule has 2 aromatic rings. The number of amides is 1. The van der Waals surface area contributed by atoms with E-state index in [4.69, 9.17) is 43.3 Å². The van der Waals surface area contributed by atoms with Gasteiger partial charge in [-0.25, -0.2) is 0 Å². The molecule has 0 bridgehead atoms. The van der Waals surface area contributed by atoms with E-state index in [1.54, 1.807) is 18.2 Å². The van der Waals surface area contributed by atoms with E-state index in [0.717, 1.165) is 24.8 Å². The number of rotatable bonds is 2. The van der Waals surface area contributed by atoms with E-state index in [0.29, 0.717) is 26.3 Å². The first-order valence-corrected chi connectivity index (χ1v) is 9.55.